The molecule has 0 heterocycles. The minimum Gasteiger partial charge on any atom is -0.316 e. The Morgan fingerprint density at radius 3 is 2.67 bits per heavy atom. The summed E-state index contributed by atoms with van der Waals surface area (Å²) in [6.07, 6.45) is 2.67. The Kier molecular flexibility index (Phi) is 7.42. The molecule has 1 aromatic carbocycles. The molecule has 8 heteroatoms. The lowest BCUT2D eigenvalue weighted by Crippen LogP contribution is -2.33. The maximum atomic E-state index is 13.8. The molecule has 2 N–H and O–H groups in total. The standard InChI is InChI=1S/C13H20ClFN2O2S2/c1-9(4-5-20-3)17-21(18,19)11-6-10(8-16-2)13(14)12(15)7-11/h6-7,9,16-17H,4-5,8H2,1-3H3. The van der Waals surface area contributed by atoms with Gasteiger partial charge in [0.1, 0.15) is 5.82 Å². The molecule has 0 aliphatic carbocycles. The molecule has 1 aromatic rings. The van der Waals surface area contributed by atoms with E-state index in [1.807, 2.05) is 6.26 Å². The van der Waals surface area contributed by atoms with Crippen LogP contribution in [0.15, 0.2) is 17.0 Å². The monoisotopic (exact) mass is 354 g/mol. The second-order valence-electron chi connectivity index (χ2n) is 4.71. The summed E-state index contributed by atoms with van der Waals surface area (Å²) in [6, 6.07) is 2.13. The van der Waals surface area contributed by atoms with Crippen molar-refractivity contribution in [2.75, 3.05) is 19.1 Å². The summed E-state index contributed by atoms with van der Waals surface area (Å²) >= 11 is 7.48. The zero-order valence-corrected chi connectivity index (χ0v) is 14.6. The van der Waals surface area contributed by atoms with Gasteiger partial charge in [0, 0.05) is 12.6 Å². The number of rotatable bonds is 8. The number of halogens is 2. The van der Waals surface area contributed by atoms with Crippen molar-refractivity contribution >= 4 is 33.4 Å². The highest BCUT2D eigenvalue weighted by Crippen LogP contribution is 2.24. The number of hydrogen-bond acceptors (Lipinski definition) is 4. The van der Waals surface area contributed by atoms with Gasteiger partial charge >= 0.3 is 0 Å². The zero-order valence-electron chi connectivity index (χ0n) is 12.2. The van der Waals surface area contributed by atoms with Crippen molar-refractivity contribution in [1.29, 1.82) is 0 Å². The maximum absolute atomic E-state index is 13.8. The fourth-order valence-corrected chi connectivity index (χ4v) is 3.88. The van der Waals surface area contributed by atoms with Crippen LogP contribution in [-0.2, 0) is 16.6 Å². The lowest BCUT2D eigenvalue weighted by atomic mass is 10.2. The van der Waals surface area contributed by atoms with Crippen molar-refractivity contribution in [2.45, 2.75) is 30.8 Å². The number of benzene rings is 1. The van der Waals surface area contributed by atoms with Crippen LogP contribution in [0.5, 0.6) is 0 Å². The van der Waals surface area contributed by atoms with Crippen LogP contribution < -0.4 is 10.0 Å². The number of nitrogens with one attached hydrogen (secondary N) is 2. The molecule has 0 fully saturated rings. The van der Waals surface area contributed by atoms with E-state index in [0.717, 1.165) is 11.8 Å². The predicted octanol–water partition coefficient (Wildman–Crippen LogP) is 2.62. The van der Waals surface area contributed by atoms with Crippen molar-refractivity contribution in [3.63, 3.8) is 0 Å². The molecule has 0 radical (unpaired) electrons. The summed E-state index contributed by atoms with van der Waals surface area (Å²) in [4.78, 5) is -0.106. The Labute approximate surface area is 134 Å². The second kappa shape index (κ2) is 8.33. The second-order valence-corrected chi connectivity index (χ2v) is 7.79. The summed E-state index contributed by atoms with van der Waals surface area (Å²) in [5, 5.41) is 2.77. The van der Waals surface area contributed by atoms with Gasteiger partial charge in [0.15, 0.2) is 0 Å². The normalized spacial score (nSPS) is 13.4. The van der Waals surface area contributed by atoms with Crippen molar-refractivity contribution in [3.05, 3.63) is 28.5 Å². The van der Waals surface area contributed by atoms with Crippen molar-refractivity contribution in [1.82, 2.24) is 10.0 Å². The van der Waals surface area contributed by atoms with Crippen LogP contribution >= 0.6 is 23.4 Å². The minimum absolute atomic E-state index is 0.0567. The molecule has 1 rings (SSSR count). The molecule has 0 saturated carbocycles. The van der Waals surface area contributed by atoms with Crippen LogP contribution in [-0.4, -0.2) is 33.5 Å². The Bertz CT molecular complexity index is 582. The molecule has 0 aliphatic heterocycles. The highest BCUT2D eigenvalue weighted by Gasteiger charge is 2.20. The average molecular weight is 355 g/mol. The van der Waals surface area contributed by atoms with Crippen LogP contribution in [0.4, 0.5) is 4.39 Å². The molecule has 0 aromatic heterocycles. The number of thioether (sulfide) groups is 1. The fraction of sp³-hybridized carbons (Fsp3) is 0.538. The molecule has 120 valence electrons. The summed E-state index contributed by atoms with van der Waals surface area (Å²) in [5.41, 5.74) is 0.413. The van der Waals surface area contributed by atoms with Gasteiger partial charge in [-0.25, -0.2) is 17.5 Å². The molecule has 4 nitrogen and oxygen atoms in total. The Morgan fingerprint density at radius 2 is 2.10 bits per heavy atom. The quantitative estimate of drug-likeness (QED) is 0.753. The molecule has 0 amide bonds. The van der Waals surface area contributed by atoms with Crippen LogP contribution in [0.1, 0.15) is 18.9 Å². The van der Waals surface area contributed by atoms with Gasteiger partial charge in [0.25, 0.3) is 0 Å². The molecule has 1 atom stereocenters. The van der Waals surface area contributed by atoms with Crippen molar-refractivity contribution < 1.29 is 12.8 Å². The third-order valence-electron chi connectivity index (χ3n) is 2.87. The van der Waals surface area contributed by atoms with E-state index in [0.29, 0.717) is 18.5 Å². The van der Waals surface area contributed by atoms with Crippen LogP contribution in [0.25, 0.3) is 0 Å². The third kappa shape index (κ3) is 5.41. The zero-order chi connectivity index (χ0) is 16.0. The Morgan fingerprint density at radius 1 is 1.43 bits per heavy atom. The van der Waals surface area contributed by atoms with Gasteiger partial charge in [0.2, 0.25) is 10.0 Å². The molecule has 21 heavy (non-hydrogen) atoms. The van der Waals surface area contributed by atoms with Gasteiger partial charge in [-0.1, -0.05) is 11.6 Å². The van der Waals surface area contributed by atoms with Crippen LogP contribution in [0.2, 0.25) is 5.02 Å². The van der Waals surface area contributed by atoms with Gasteiger partial charge in [-0.05, 0) is 50.1 Å². The first-order valence-electron chi connectivity index (χ1n) is 6.45. The lowest BCUT2D eigenvalue weighted by molar-refractivity contribution is 0.554. The van der Waals surface area contributed by atoms with Crippen LogP contribution in [0, 0.1) is 5.82 Å². The van der Waals surface area contributed by atoms with Gasteiger partial charge in [-0.15, -0.1) is 0 Å². The maximum Gasteiger partial charge on any atom is 0.240 e. The highest BCUT2D eigenvalue weighted by molar-refractivity contribution is 7.98. The first-order valence-corrected chi connectivity index (χ1v) is 9.71. The molecule has 0 aliphatic rings. The van der Waals surface area contributed by atoms with E-state index in [1.54, 1.807) is 25.7 Å². The van der Waals surface area contributed by atoms with Gasteiger partial charge in [0.05, 0.1) is 9.92 Å². The van der Waals surface area contributed by atoms with Gasteiger partial charge in [-0.3, -0.25) is 0 Å². The summed E-state index contributed by atoms with van der Waals surface area (Å²) in [5.74, 6) is 0.116. The number of hydrogen-bond donors (Lipinski definition) is 2. The van der Waals surface area contributed by atoms with Crippen molar-refractivity contribution in [2.24, 2.45) is 0 Å². The summed E-state index contributed by atoms with van der Waals surface area (Å²) in [7, 11) is -2.08. The van der Waals surface area contributed by atoms with Gasteiger partial charge < -0.3 is 5.32 Å². The topological polar surface area (TPSA) is 58.2 Å². The van der Waals surface area contributed by atoms with Gasteiger partial charge in [-0.2, -0.15) is 11.8 Å². The SMILES string of the molecule is CNCc1cc(S(=O)(=O)NC(C)CCSC)cc(F)c1Cl. The number of sulfonamides is 1. The molecular formula is C13H20ClFN2O2S2. The smallest absolute Gasteiger partial charge is 0.240 e. The average Bonchev–Trinajstić information content (AvgIpc) is 2.41. The Balaban J connectivity index is 3.02. The highest BCUT2D eigenvalue weighted by atomic mass is 35.5. The third-order valence-corrected chi connectivity index (χ3v) is 5.50. The Hall–Kier alpha value is -0.340. The van der Waals surface area contributed by atoms with Crippen LogP contribution in [0.3, 0.4) is 0 Å². The van der Waals surface area contributed by atoms with E-state index < -0.39 is 15.8 Å². The first kappa shape index (κ1) is 18.7. The fourth-order valence-electron chi connectivity index (χ4n) is 1.78. The van der Waals surface area contributed by atoms with E-state index in [2.05, 4.69) is 10.0 Å². The molecule has 0 saturated heterocycles. The minimum atomic E-state index is -3.76. The van der Waals surface area contributed by atoms with Crippen molar-refractivity contribution in [3.8, 4) is 0 Å². The molecule has 0 spiro atoms. The summed E-state index contributed by atoms with van der Waals surface area (Å²) in [6.45, 7) is 2.08. The molecule has 0 bridgehead atoms. The molecule has 1 unspecified atom stereocenters. The lowest BCUT2D eigenvalue weighted by Gasteiger charge is -2.15. The molecular weight excluding hydrogens is 335 g/mol. The predicted molar refractivity (Wildman–Crippen MR) is 87.0 cm³/mol. The van der Waals surface area contributed by atoms with E-state index in [9.17, 15) is 12.8 Å². The summed E-state index contributed by atoms with van der Waals surface area (Å²) < 4.78 is 40.9. The van der Waals surface area contributed by atoms with E-state index in [-0.39, 0.29) is 16.0 Å². The van der Waals surface area contributed by atoms with E-state index in [4.69, 9.17) is 11.6 Å². The van der Waals surface area contributed by atoms with E-state index >= 15 is 0 Å². The van der Waals surface area contributed by atoms with E-state index in [1.165, 1.54) is 6.07 Å². The first-order chi connectivity index (χ1) is 9.81. The largest absolute Gasteiger partial charge is 0.316 e.